The van der Waals surface area contributed by atoms with Gasteiger partial charge in [-0.1, -0.05) is 18.5 Å². The second kappa shape index (κ2) is 6.23. The van der Waals surface area contributed by atoms with E-state index < -0.39 is 17.5 Å². The van der Waals surface area contributed by atoms with E-state index in [-0.39, 0.29) is 6.04 Å². The number of nitrogens with zero attached hydrogens (tertiary/aromatic N) is 4. The molecule has 9 heteroatoms. The van der Waals surface area contributed by atoms with Crippen LogP contribution in [0.25, 0.3) is 11.4 Å². The summed E-state index contributed by atoms with van der Waals surface area (Å²) in [6, 6.07) is 4.60. The molecule has 3 aliphatic rings. The molecule has 142 valence electrons. The van der Waals surface area contributed by atoms with E-state index in [1.807, 2.05) is 6.92 Å². The number of fused-ring (bicyclic) bond motifs is 2. The van der Waals surface area contributed by atoms with Crippen LogP contribution in [0.3, 0.4) is 0 Å². The number of anilines is 1. The van der Waals surface area contributed by atoms with E-state index >= 15 is 0 Å². The number of amides is 2. The summed E-state index contributed by atoms with van der Waals surface area (Å²) in [5.41, 5.74) is 0.0235. The van der Waals surface area contributed by atoms with Crippen molar-refractivity contribution in [2.75, 3.05) is 5.32 Å². The normalized spacial score (nSPS) is 26.4. The predicted molar refractivity (Wildman–Crippen MR) is 99.5 cm³/mol. The summed E-state index contributed by atoms with van der Waals surface area (Å²) < 4.78 is 1.57. The Bertz CT molecular complexity index is 929. The van der Waals surface area contributed by atoms with Crippen molar-refractivity contribution in [2.24, 2.45) is 13.0 Å². The van der Waals surface area contributed by atoms with Crippen molar-refractivity contribution in [3.63, 3.8) is 0 Å². The van der Waals surface area contributed by atoms with Gasteiger partial charge in [-0.05, 0) is 37.0 Å². The molecule has 1 unspecified atom stereocenters. The molecule has 3 fully saturated rings. The standard InChI is InChI=1S/C18H20ClN5O3/c1-10-5-12-8-18(7-10,16(25)26)24(12)17(27)21-11-3-4-14(19)13(6-11)15-20-9-23(2)22-15/h3-4,6,9-10,12H,5,7-8H2,1-2H3,(H,21,27)(H,25,26)/t10-,12-,18?/m1/s1. The van der Waals surface area contributed by atoms with Crippen LogP contribution in [-0.4, -0.2) is 48.4 Å². The third-order valence-electron chi connectivity index (χ3n) is 5.44. The average molecular weight is 390 g/mol. The lowest BCUT2D eigenvalue weighted by molar-refractivity contribution is -0.173. The van der Waals surface area contributed by atoms with Gasteiger partial charge in [0.25, 0.3) is 0 Å². The van der Waals surface area contributed by atoms with Crippen molar-refractivity contribution in [1.82, 2.24) is 19.7 Å². The molecule has 5 rings (SSSR count). The summed E-state index contributed by atoms with van der Waals surface area (Å²) in [4.78, 5) is 30.4. The van der Waals surface area contributed by atoms with E-state index in [4.69, 9.17) is 11.6 Å². The number of hydrogen-bond acceptors (Lipinski definition) is 4. The van der Waals surface area contributed by atoms with Crippen LogP contribution in [0.2, 0.25) is 5.02 Å². The zero-order chi connectivity index (χ0) is 19.3. The third-order valence-corrected chi connectivity index (χ3v) is 5.76. The van der Waals surface area contributed by atoms with Gasteiger partial charge in [0.15, 0.2) is 5.82 Å². The number of aromatic nitrogens is 3. The van der Waals surface area contributed by atoms with Gasteiger partial charge in [0.2, 0.25) is 0 Å². The molecule has 2 saturated heterocycles. The summed E-state index contributed by atoms with van der Waals surface area (Å²) in [6.45, 7) is 2.03. The van der Waals surface area contributed by atoms with Crippen LogP contribution in [0.5, 0.6) is 0 Å². The molecule has 1 aliphatic carbocycles. The lowest BCUT2D eigenvalue weighted by atomic mass is 9.64. The summed E-state index contributed by atoms with van der Waals surface area (Å²) in [5, 5.41) is 17.2. The smallest absolute Gasteiger partial charge is 0.329 e. The Morgan fingerprint density at radius 2 is 2.15 bits per heavy atom. The first-order chi connectivity index (χ1) is 12.8. The molecule has 2 aliphatic heterocycles. The highest BCUT2D eigenvalue weighted by molar-refractivity contribution is 6.33. The minimum absolute atomic E-state index is 0.0333. The van der Waals surface area contributed by atoms with Gasteiger partial charge in [0.05, 0.1) is 5.02 Å². The number of carbonyl (C=O) groups excluding carboxylic acids is 1. The third kappa shape index (κ3) is 2.84. The lowest BCUT2D eigenvalue weighted by Gasteiger charge is -2.60. The Morgan fingerprint density at radius 3 is 2.81 bits per heavy atom. The molecule has 8 nitrogen and oxygen atoms in total. The van der Waals surface area contributed by atoms with Crippen LogP contribution >= 0.6 is 11.6 Å². The number of carboxylic acids is 1. The number of urea groups is 1. The minimum Gasteiger partial charge on any atom is -0.479 e. The summed E-state index contributed by atoms with van der Waals surface area (Å²) in [6.07, 6.45) is 3.39. The molecule has 2 N–H and O–H groups in total. The van der Waals surface area contributed by atoms with Crippen LogP contribution in [-0.2, 0) is 11.8 Å². The van der Waals surface area contributed by atoms with Crippen molar-refractivity contribution >= 4 is 29.3 Å². The Kier molecular flexibility index (Phi) is 4.10. The number of carbonyl (C=O) groups is 2. The fraction of sp³-hybridized carbons (Fsp3) is 0.444. The Balaban J connectivity index is 1.58. The first-order valence-electron chi connectivity index (χ1n) is 8.79. The Labute approximate surface area is 161 Å². The molecular formula is C18H20ClN5O3. The molecule has 0 spiro atoms. The van der Waals surface area contributed by atoms with Crippen molar-refractivity contribution in [3.8, 4) is 11.4 Å². The van der Waals surface area contributed by atoms with Gasteiger partial charge in [0.1, 0.15) is 11.9 Å². The molecule has 2 bridgehead atoms. The number of rotatable bonds is 3. The highest BCUT2D eigenvalue weighted by Crippen LogP contribution is 2.50. The first kappa shape index (κ1) is 17.8. The summed E-state index contributed by atoms with van der Waals surface area (Å²) in [7, 11) is 1.75. The molecule has 2 amide bonds. The van der Waals surface area contributed by atoms with Crippen molar-refractivity contribution in [2.45, 2.75) is 37.8 Å². The van der Waals surface area contributed by atoms with E-state index in [0.717, 1.165) is 6.42 Å². The Hall–Kier alpha value is -2.61. The maximum Gasteiger partial charge on any atom is 0.329 e. The molecule has 1 saturated carbocycles. The second-order valence-electron chi connectivity index (χ2n) is 7.48. The van der Waals surface area contributed by atoms with Gasteiger partial charge in [-0.3, -0.25) is 4.68 Å². The largest absolute Gasteiger partial charge is 0.479 e. The van der Waals surface area contributed by atoms with E-state index in [0.29, 0.717) is 40.9 Å². The number of carboxylic acid groups (broad SMARTS) is 1. The topological polar surface area (TPSA) is 100 Å². The van der Waals surface area contributed by atoms with Gasteiger partial charge in [0, 0.05) is 30.8 Å². The van der Waals surface area contributed by atoms with E-state index in [9.17, 15) is 14.7 Å². The molecular weight excluding hydrogens is 370 g/mol. The highest BCUT2D eigenvalue weighted by atomic mass is 35.5. The van der Waals surface area contributed by atoms with Crippen molar-refractivity contribution in [3.05, 3.63) is 29.5 Å². The van der Waals surface area contributed by atoms with Crippen LogP contribution in [0, 0.1) is 5.92 Å². The second-order valence-corrected chi connectivity index (χ2v) is 7.88. The molecule has 1 aromatic heterocycles. The van der Waals surface area contributed by atoms with Gasteiger partial charge < -0.3 is 15.3 Å². The fourth-order valence-electron chi connectivity index (χ4n) is 4.37. The fourth-order valence-corrected chi connectivity index (χ4v) is 4.57. The van der Waals surface area contributed by atoms with E-state index in [1.54, 1.807) is 36.3 Å². The zero-order valence-corrected chi connectivity index (χ0v) is 15.8. The summed E-state index contributed by atoms with van der Waals surface area (Å²) >= 11 is 6.25. The number of hydrogen-bond donors (Lipinski definition) is 2. The van der Waals surface area contributed by atoms with Gasteiger partial charge in [-0.2, -0.15) is 5.10 Å². The number of piperidine rings is 1. The van der Waals surface area contributed by atoms with Crippen LogP contribution < -0.4 is 5.32 Å². The number of benzene rings is 1. The van der Waals surface area contributed by atoms with Crippen molar-refractivity contribution < 1.29 is 14.7 Å². The summed E-state index contributed by atoms with van der Waals surface area (Å²) in [5.74, 6) is -0.188. The average Bonchev–Trinajstić information content (AvgIpc) is 3.01. The minimum atomic E-state index is -1.09. The molecule has 3 heterocycles. The lowest BCUT2D eigenvalue weighted by Crippen LogP contribution is -2.75. The predicted octanol–water partition coefficient (Wildman–Crippen LogP) is 3.00. The number of halogens is 1. The van der Waals surface area contributed by atoms with Gasteiger partial charge >= 0.3 is 12.0 Å². The van der Waals surface area contributed by atoms with Crippen LogP contribution in [0.1, 0.15) is 26.2 Å². The van der Waals surface area contributed by atoms with Crippen LogP contribution in [0.4, 0.5) is 10.5 Å². The quantitative estimate of drug-likeness (QED) is 0.840. The molecule has 0 radical (unpaired) electrons. The van der Waals surface area contributed by atoms with Crippen LogP contribution in [0.15, 0.2) is 24.5 Å². The maximum absolute atomic E-state index is 12.8. The van der Waals surface area contributed by atoms with E-state index in [1.165, 1.54) is 4.90 Å². The number of aliphatic carboxylic acids is 1. The van der Waals surface area contributed by atoms with Gasteiger partial charge in [-0.25, -0.2) is 14.6 Å². The van der Waals surface area contributed by atoms with Crippen molar-refractivity contribution in [1.29, 1.82) is 0 Å². The maximum atomic E-state index is 12.8. The highest BCUT2D eigenvalue weighted by Gasteiger charge is 2.63. The number of aryl methyl sites for hydroxylation is 1. The number of nitrogens with one attached hydrogen (secondary N) is 1. The molecule has 3 atom stereocenters. The molecule has 2 aromatic rings. The van der Waals surface area contributed by atoms with E-state index in [2.05, 4.69) is 15.4 Å². The van der Waals surface area contributed by atoms with Gasteiger partial charge in [-0.15, -0.1) is 0 Å². The molecule has 27 heavy (non-hydrogen) atoms. The molecule has 1 aromatic carbocycles. The Morgan fingerprint density at radius 1 is 1.37 bits per heavy atom. The monoisotopic (exact) mass is 389 g/mol. The SMILES string of the molecule is C[C@@H]1C[C@@H]2CC(C(=O)O)(C1)N2C(=O)Nc1ccc(Cl)c(-c2ncn(C)n2)c1. The first-order valence-corrected chi connectivity index (χ1v) is 9.17. The zero-order valence-electron chi connectivity index (χ0n) is 15.0.